The van der Waals surface area contributed by atoms with E-state index in [9.17, 15) is 5.11 Å². The highest BCUT2D eigenvalue weighted by Crippen LogP contribution is 2.36. The van der Waals surface area contributed by atoms with Crippen molar-refractivity contribution in [3.8, 4) is 17.0 Å². The molecule has 14 heavy (non-hydrogen) atoms. The van der Waals surface area contributed by atoms with Crippen LogP contribution in [0.3, 0.4) is 0 Å². The van der Waals surface area contributed by atoms with Gasteiger partial charge in [0.15, 0.2) is 0 Å². The highest BCUT2D eigenvalue weighted by molar-refractivity contribution is 9.10. The highest BCUT2D eigenvalue weighted by atomic mass is 79.9. The van der Waals surface area contributed by atoms with Crippen LogP contribution in [0.5, 0.6) is 5.75 Å². The average molecular weight is 253 g/mol. The van der Waals surface area contributed by atoms with Crippen molar-refractivity contribution in [3.05, 3.63) is 34.4 Å². The fourth-order valence-corrected chi connectivity index (χ4v) is 2.05. The third-order valence-electron chi connectivity index (χ3n) is 2.10. The first-order valence-corrected chi connectivity index (χ1v) is 4.97. The van der Waals surface area contributed by atoms with Crippen LogP contribution in [0.4, 0.5) is 0 Å². The zero-order valence-corrected chi connectivity index (χ0v) is 9.17. The number of hydrogen-bond donors (Lipinski definition) is 2. The van der Waals surface area contributed by atoms with Crippen LogP contribution in [0.15, 0.2) is 28.9 Å². The molecule has 0 atom stereocenters. The molecule has 1 aromatic heterocycles. The molecular weight excluding hydrogens is 244 g/mol. The van der Waals surface area contributed by atoms with Gasteiger partial charge in [0.25, 0.3) is 0 Å². The van der Waals surface area contributed by atoms with Crippen molar-refractivity contribution in [2.75, 3.05) is 0 Å². The SMILES string of the molecule is Cc1ccc(O)c(Br)c1-c1ccn[nH]1. The monoisotopic (exact) mass is 252 g/mol. The van der Waals surface area contributed by atoms with Gasteiger partial charge in [-0.1, -0.05) is 6.07 Å². The van der Waals surface area contributed by atoms with E-state index < -0.39 is 0 Å². The molecule has 0 bridgehead atoms. The first kappa shape index (κ1) is 9.27. The molecule has 2 rings (SSSR count). The van der Waals surface area contributed by atoms with Gasteiger partial charge in [-0.3, -0.25) is 5.10 Å². The second kappa shape index (κ2) is 3.46. The predicted octanol–water partition coefficient (Wildman–Crippen LogP) is 2.85. The molecule has 0 saturated heterocycles. The molecule has 72 valence electrons. The molecule has 0 radical (unpaired) electrons. The van der Waals surface area contributed by atoms with Crippen LogP contribution < -0.4 is 0 Å². The zero-order chi connectivity index (χ0) is 10.1. The largest absolute Gasteiger partial charge is 0.507 e. The minimum Gasteiger partial charge on any atom is -0.507 e. The number of aryl methyl sites for hydroxylation is 1. The van der Waals surface area contributed by atoms with Gasteiger partial charge in [-0.15, -0.1) is 0 Å². The van der Waals surface area contributed by atoms with E-state index in [2.05, 4.69) is 26.1 Å². The van der Waals surface area contributed by atoms with Gasteiger partial charge in [-0.25, -0.2) is 0 Å². The van der Waals surface area contributed by atoms with Gasteiger partial charge in [0.05, 0.1) is 10.2 Å². The fraction of sp³-hybridized carbons (Fsp3) is 0.100. The van der Waals surface area contributed by atoms with Crippen LogP contribution in [0.1, 0.15) is 5.56 Å². The Morgan fingerprint density at radius 1 is 1.36 bits per heavy atom. The van der Waals surface area contributed by atoms with Crippen molar-refractivity contribution in [2.45, 2.75) is 6.92 Å². The van der Waals surface area contributed by atoms with E-state index in [-0.39, 0.29) is 5.75 Å². The Balaban J connectivity index is 2.69. The molecule has 0 aliphatic rings. The second-order valence-corrected chi connectivity index (χ2v) is 3.85. The number of hydrogen-bond acceptors (Lipinski definition) is 2. The normalized spacial score (nSPS) is 10.4. The van der Waals surface area contributed by atoms with Gasteiger partial charge in [0.1, 0.15) is 5.75 Å². The summed E-state index contributed by atoms with van der Waals surface area (Å²) < 4.78 is 0.696. The Labute approximate surface area is 89.9 Å². The summed E-state index contributed by atoms with van der Waals surface area (Å²) in [5.41, 5.74) is 2.92. The lowest BCUT2D eigenvalue weighted by molar-refractivity contribution is 0.472. The van der Waals surface area contributed by atoms with Crippen LogP contribution >= 0.6 is 15.9 Å². The van der Waals surface area contributed by atoms with Gasteiger partial charge in [-0.2, -0.15) is 5.10 Å². The average Bonchev–Trinajstić information content (AvgIpc) is 2.65. The molecule has 0 aliphatic carbocycles. The number of nitrogens with zero attached hydrogens (tertiary/aromatic N) is 1. The quantitative estimate of drug-likeness (QED) is 0.820. The number of aromatic hydroxyl groups is 1. The molecule has 0 saturated carbocycles. The maximum absolute atomic E-state index is 9.54. The lowest BCUT2D eigenvalue weighted by Crippen LogP contribution is -1.86. The lowest BCUT2D eigenvalue weighted by atomic mass is 10.1. The Bertz CT molecular complexity index is 451. The molecular formula is C10H9BrN2O. The van der Waals surface area contributed by atoms with Crippen molar-refractivity contribution in [3.63, 3.8) is 0 Å². The Morgan fingerprint density at radius 2 is 2.14 bits per heavy atom. The molecule has 0 fully saturated rings. The van der Waals surface area contributed by atoms with Gasteiger partial charge in [0, 0.05) is 11.8 Å². The van der Waals surface area contributed by atoms with E-state index in [0.29, 0.717) is 4.47 Å². The molecule has 0 spiro atoms. The Hall–Kier alpha value is -1.29. The van der Waals surface area contributed by atoms with Crippen molar-refractivity contribution in [1.29, 1.82) is 0 Å². The van der Waals surface area contributed by atoms with Gasteiger partial charge < -0.3 is 5.11 Å². The summed E-state index contributed by atoms with van der Waals surface area (Å²) in [6.45, 7) is 1.99. The fourth-order valence-electron chi connectivity index (χ4n) is 1.39. The molecule has 0 aliphatic heterocycles. The lowest BCUT2D eigenvalue weighted by Gasteiger charge is -2.07. The van der Waals surface area contributed by atoms with E-state index >= 15 is 0 Å². The second-order valence-electron chi connectivity index (χ2n) is 3.06. The molecule has 3 nitrogen and oxygen atoms in total. The maximum Gasteiger partial charge on any atom is 0.130 e. The summed E-state index contributed by atoms with van der Waals surface area (Å²) in [6.07, 6.45) is 1.69. The van der Waals surface area contributed by atoms with Gasteiger partial charge in [0.2, 0.25) is 0 Å². The number of phenolic OH excluding ortho intramolecular Hbond substituents is 1. The highest BCUT2D eigenvalue weighted by Gasteiger charge is 2.10. The summed E-state index contributed by atoms with van der Waals surface area (Å²) in [5, 5.41) is 16.3. The molecule has 0 amide bonds. The summed E-state index contributed by atoms with van der Waals surface area (Å²) in [7, 11) is 0. The standard InChI is InChI=1S/C10H9BrN2O/c1-6-2-3-8(14)10(11)9(6)7-4-5-12-13-7/h2-5,14H,1H3,(H,12,13). The van der Waals surface area contributed by atoms with Crippen molar-refractivity contribution in [2.24, 2.45) is 0 Å². The Kier molecular flexibility index (Phi) is 2.29. The number of aromatic nitrogens is 2. The minimum absolute atomic E-state index is 0.236. The van der Waals surface area contributed by atoms with E-state index in [0.717, 1.165) is 16.8 Å². The topological polar surface area (TPSA) is 48.9 Å². The number of halogens is 1. The van der Waals surface area contributed by atoms with Crippen LogP contribution in [-0.4, -0.2) is 15.3 Å². The first-order valence-electron chi connectivity index (χ1n) is 4.18. The van der Waals surface area contributed by atoms with Crippen LogP contribution in [0.25, 0.3) is 11.3 Å². The van der Waals surface area contributed by atoms with Gasteiger partial charge in [-0.05, 0) is 40.5 Å². The summed E-state index contributed by atoms with van der Waals surface area (Å²) >= 11 is 3.35. The number of rotatable bonds is 1. The molecule has 4 heteroatoms. The van der Waals surface area contributed by atoms with Crippen molar-refractivity contribution < 1.29 is 5.11 Å². The number of aromatic amines is 1. The molecule has 0 unspecified atom stereocenters. The van der Waals surface area contributed by atoms with Crippen LogP contribution in [0.2, 0.25) is 0 Å². The molecule has 1 aromatic carbocycles. The predicted molar refractivity (Wildman–Crippen MR) is 58.1 cm³/mol. The molecule has 2 aromatic rings. The summed E-state index contributed by atoms with van der Waals surface area (Å²) in [5.74, 6) is 0.236. The third-order valence-corrected chi connectivity index (χ3v) is 2.90. The smallest absolute Gasteiger partial charge is 0.130 e. The number of nitrogens with one attached hydrogen (secondary N) is 1. The summed E-state index contributed by atoms with van der Waals surface area (Å²) in [4.78, 5) is 0. The van der Waals surface area contributed by atoms with E-state index in [4.69, 9.17) is 0 Å². The number of phenols is 1. The van der Waals surface area contributed by atoms with Crippen molar-refractivity contribution >= 4 is 15.9 Å². The van der Waals surface area contributed by atoms with Crippen LogP contribution in [-0.2, 0) is 0 Å². The van der Waals surface area contributed by atoms with Crippen molar-refractivity contribution in [1.82, 2.24) is 10.2 Å². The minimum atomic E-state index is 0.236. The number of benzene rings is 1. The molecule has 1 heterocycles. The van der Waals surface area contributed by atoms with E-state index in [1.54, 1.807) is 12.3 Å². The molecule has 2 N–H and O–H groups in total. The number of H-pyrrole nitrogens is 1. The Morgan fingerprint density at radius 3 is 2.79 bits per heavy atom. The van der Waals surface area contributed by atoms with E-state index in [1.807, 2.05) is 19.1 Å². The third kappa shape index (κ3) is 1.42. The summed E-state index contributed by atoms with van der Waals surface area (Å²) in [6, 6.07) is 5.40. The van der Waals surface area contributed by atoms with Crippen LogP contribution in [0, 0.1) is 6.92 Å². The maximum atomic E-state index is 9.54. The van der Waals surface area contributed by atoms with Gasteiger partial charge >= 0.3 is 0 Å². The van der Waals surface area contributed by atoms with E-state index in [1.165, 1.54) is 0 Å². The zero-order valence-electron chi connectivity index (χ0n) is 7.58. The first-order chi connectivity index (χ1) is 6.70.